The lowest BCUT2D eigenvalue weighted by Gasteiger charge is -2.36. The number of nitrogens with one attached hydrogen (secondary N) is 1. The Morgan fingerprint density at radius 1 is 1.19 bits per heavy atom. The van der Waals surface area contributed by atoms with E-state index >= 15 is 0 Å². The summed E-state index contributed by atoms with van der Waals surface area (Å²) in [5.41, 5.74) is 2.41. The normalized spacial score (nSPS) is 30.8. The van der Waals surface area contributed by atoms with Crippen LogP contribution in [0, 0.1) is 24.2 Å². The van der Waals surface area contributed by atoms with Crippen molar-refractivity contribution in [1.82, 2.24) is 4.72 Å². The molecule has 0 aromatic heterocycles. The topological polar surface area (TPSA) is 46.2 Å². The molecule has 0 radical (unpaired) electrons. The van der Waals surface area contributed by atoms with Crippen molar-refractivity contribution >= 4 is 10.0 Å². The number of aryl methyl sites for hydroxylation is 1. The van der Waals surface area contributed by atoms with Gasteiger partial charge in [0, 0.05) is 6.04 Å². The highest BCUT2D eigenvalue weighted by Crippen LogP contribution is 2.58. The van der Waals surface area contributed by atoms with Gasteiger partial charge in [-0.25, -0.2) is 13.1 Å². The van der Waals surface area contributed by atoms with Crippen molar-refractivity contribution in [1.29, 1.82) is 0 Å². The molecule has 4 heteroatoms. The number of fused-ring (bicyclic) bond motifs is 2. The zero-order chi connectivity index (χ0) is 15.4. The molecule has 0 aliphatic heterocycles. The predicted molar refractivity (Wildman–Crippen MR) is 84.4 cm³/mol. The van der Waals surface area contributed by atoms with Crippen molar-refractivity contribution in [3.8, 4) is 0 Å². The molecule has 0 heterocycles. The van der Waals surface area contributed by atoms with Crippen LogP contribution in [0.15, 0.2) is 41.3 Å². The summed E-state index contributed by atoms with van der Waals surface area (Å²) in [5, 5.41) is 0. The monoisotopic (exact) mass is 305 g/mol. The van der Waals surface area contributed by atoms with Gasteiger partial charge in [-0.2, -0.15) is 0 Å². The largest absolute Gasteiger partial charge is 0.240 e. The van der Waals surface area contributed by atoms with Gasteiger partial charge in [0.15, 0.2) is 0 Å². The second kappa shape index (κ2) is 4.68. The second-order valence-electron chi connectivity index (χ2n) is 7.06. The third kappa shape index (κ3) is 2.34. The number of hydrogen-bond donors (Lipinski definition) is 1. The fourth-order valence-electron chi connectivity index (χ4n) is 3.87. The molecular formula is C17H23NO2S. The van der Waals surface area contributed by atoms with Crippen molar-refractivity contribution < 1.29 is 8.42 Å². The van der Waals surface area contributed by atoms with E-state index in [4.69, 9.17) is 0 Å². The summed E-state index contributed by atoms with van der Waals surface area (Å²) in [6.07, 6.45) is 1.98. The Hall–Kier alpha value is -1.13. The molecule has 2 aliphatic rings. The maximum Gasteiger partial charge on any atom is 0.240 e. The molecule has 2 bridgehead atoms. The first-order chi connectivity index (χ1) is 9.72. The van der Waals surface area contributed by atoms with Crippen LogP contribution >= 0.6 is 0 Å². The van der Waals surface area contributed by atoms with Gasteiger partial charge >= 0.3 is 0 Å². The van der Waals surface area contributed by atoms with Gasteiger partial charge in [0.05, 0.1) is 4.90 Å². The maximum atomic E-state index is 12.5. The number of rotatable bonds is 3. The molecule has 1 aromatic carbocycles. The van der Waals surface area contributed by atoms with Crippen LogP contribution in [0.25, 0.3) is 0 Å². The molecule has 114 valence electrons. The highest BCUT2D eigenvalue weighted by Gasteiger charge is 2.53. The van der Waals surface area contributed by atoms with Crippen molar-refractivity contribution in [3.05, 3.63) is 42.0 Å². The Kier molecular flexibility index (Phi) is 3.30. The van der Waals surface area contributed by atoms with Gasteiger partial charge in [-0.05, 0) is 49.1 Å². The smallest absolute Gasteiger partial charge is 0.207 e. The van der Waals surface area contributed by atoms with E-state index in [0.717, 1.165) is 18.4 Å². The molecule has 2 fully saturated rings. The van der Waals surface area contributed by atoms with E-state index in [-0.39, 0.29) is 17.4 Å². The van der Waals surface area contributed by atoms with E-state index in [1.165, 1.54) is 5.57 Å². The molecular weight excluding hydrogens is 282 g/mol. The second-order valence-corrected chi connectivity index (χ2v) is 8.78. The van der Waals surface area contributed by atoms with Crippen LogP contribution in [0.1, 0.15) is 32.3 Å². The number of sulfonamides is 1. The minimum absolute atomic E-state index is 0.00169. The highest BCUT2D eigenvalue weighted by atomic mass is 32.2. The Labute approximate surface area is 127 Å². The van der Waals surface area contributed by atoms with Crippen molar-refractivity contribution in [3.63, 3.8) is 0 Å². The maximum absolute atomic E-state index is 12.5. The van der Waals surface area contributed by atoms with Gasteiger partial charge in [0.2, 0.25) is 10.0 Å². The zero-order valence-electron chi connectivity index (χ0n) is 12.9. The van der Waals surface area contributed by atoms with Gasteiger partial charge in [0.1, 0.15) is 0 Å². The van der Waals surface area contributed by atoms with Crippen LogP contribution in [0.3, 0.4) is 0 Å². The van der Waals surface area contributed by atoms with Crippen LogP contribution in [0.4, 0.5) is 0 Å². The van der Waals surface area contributed by atoms with Gasteiger partial charge in [0.25, 0.3) is 0 Å². The summed E-state index contributed by atoms with van der Waals surface area (Å²) in [6, 6.07) is 7.00. The summed E-state index contributed by atoms with van der Waals surface area (Å²) >= 11 is 0. The molecule has 3 rings (SSSR count). The van der Waals surface area contributed by atoms with Crippen molar-refractivity contribution in [2.45, 2.75) is 44.6 Å². The Morgan fingerprint density at radius 3 is 2.33 bits per heavy atom. The third-order valence-corrected chi connectivity index (χ3v) is 7.00. The molecule has 21 heavy (non-hydrogen) atoms. The molecule has 0 spiro atoms. The van der Waals surface area contributed by atoms with E-state index in [9.17, 15) is 8.42 Å². The van der Waals surface area contributed by atoms with Gasteiger partial charge in [-0.15, -0.1) is 0 Å². The number of benzene rings is 1. The molecule has 3 atom stereocenters. The first kappa shape index (κ1) is 14.8. The fraction of sp³-hybridized carbons (Fsp3) is 0.529. The summed E-state index contributed by atoms with van der Waals surface area (Å²) < 4.78 is 27.9. The molecule has 0 saturated heterocycles. The summed E-state index contributed by atoms with van der Waals surface area (Å²) in [7, 11) is -3.43. The molecule has 0 amide bonds. The van der Waals surface area contributed by atoms with Crippen LogP contribution in [0.2, 0.25) is 0 Å². The van der Waals surface area contributed by atoms with E-state index < -0.39 is 10.0 Å². The minimum atomic E-state index is -3.43. The van der Waals surface area contributed by atoms with Crippen LogP contribution < -0.4 is 4.72 Å². The minimum Gasteiger partial charge on any atom is -0.207 e. The lowest BCUT2D eigenvalue weighted by molar-refractivity contribution is 0.269. The quantitative estimate of drug-likeness (QED) is 0.871. The highest BCUT2D eigenvalue weighted by molar-refractivity contribution is 7.89. The van der Waals surface area contributed by atoms with Gasteiger partial charge in [-0.3, -0.25) is 0 Å². The molecule has 1 aromatic rings. The first-order valence-electron chi connectivity index (χ1n) is 7.50. The zero-order valence-corrected chi connectivity index (χ0v) is 13.7. The molecule has 1 N–H and O–H groups in total. The third-order valence-electron chi connectivity index (χ3n) is 5.50. The molecule has 2 aliphatic carbocycles. The van der Waals surface area contributed by atoms with Crippen LogP contribution in [-0.2, 0) is 10.0 Å². The average molecular weight is 305 g/mol. The lowest BCUT2D eigenvalue weighted by atomic mass is 9.72. The van der Waals surface area contributed by atoms with Crippen molar-refractivity contribution in [2.24, 2.45) is 17.3 Å². The Bertz CT molecular complexity index is 673. The van der Waals surface area contributed by atoms with Crippen LogP contribution in [0.5, 0.6) is 0 Å². The molecule has 3 nitrogen and oxygen atoms in total. The Balaban J connectivity index is 1.79. The standard InChI is InChI=1S/C17H23NO2S/c1-11-5-7-14(8-6-11)21(19,20)18-16-10-13-9-15(16)12(2)17(13,3)4/h5-8,13,15-16,18H,2,9-10H2,1,3-4H3/t13-,15+,16+/m0/s1. The van der Waals surface area contributed by atoms with E-state index in [2.05, 4.69) is 25.1 Å². The van der Waals surface area contributed by atoms with E-state index in [1.54, 1.807) is 12.1 Å². The summed E-state index contributed by atoms with van der Waals surface area (Å²) in [6.45, 7) is 10.6. The van der Waals surface area contributed by atoms with E-state index in [1.807, 2.05) is 19.1 Å². The summed E-state index contributed by atoms with van der Waals surface area (Å²) in [5.74, 6) is 0.825. The predicted octanol–water partition coefficient (Wildman–Crippen LogP) is 3.26. The summed E-state index contributed by atoms with van der Waals surface area (Å²) in [4.78, 5) is 0.348. The average Bonchev–Trinajstić information content (AvgIpc) is 2.89. The SMILES string of the molecule is C=C1[C@H]2C[C@@H](C[C@H]2NS(=O)(=O)c2ccc(C)cc2)C1(C)C. The van der Waals surface area contributed by atoms with Crippen LogP contribution in [-0.4, -0.2) is 14.5 Å². The molecule has 2 saturated carbocycles. The first-order valence-corrected chi connectivity index (χ1v) is 8.98. The van der Waals surface area contributed by atoms with E-state index in [0.29, 0.717) is 10.8 Å². The van der Waals surface area contributed by atoms with Gasteiger partial charge < -0.3 is 0 Å². The Morgan fingerprint density at radius 2 is 1.81 bits per heavy atom. The fourth-order valence-corrected chi connectivity index (χ4v) is 5.16. The molecule has 0 unspecified atom stereocenters. The lowest BCUT2D eigenvalue weighted by Crippen LogP contribution is -2.42. The van der Waals surface area contributed by atoms with Crippen molar-refractivity contribution in [2.75, 3.05) is 0 Å². The van der Waals surface area contributed by atoms with Gasteiger partial charge in [-0.1, -0.05) is 43.7 Å². The number of hydrogen-bond acceptors (Lipinski definition) is 2.